The van der Waals surface area contributed by atoms with Gasteiger partial charge in [0.05, 0.1) is 12.0 Å². The number of ether oxygens (including phenoxy) is 1. The van der Waals surface area contributed by atoms with Gasteiger partial charge in [0, 0.05) is 6.04 Å². The number of aliphatic carboxylic acids is 1. The Labute approximate surface area is 126 Å². The molecule has 2 saturated carbocycles. The van der Waals surface area contributed by atoms with E-state index >= 15 is 0 Å². The van der Waals surface area contributed by atoms with E-state index in [1.54, 1.807) is 0 Å². The highest BCUT2D eigenvalue weighted by Gasteiger charge is 2.26. The van der Waals surface area contributed by atoms with E-state index in [1.165, 1.54) is 25.7 Å². The number of hydrogen-bond donors (Lipinski definition) is 2. The number of carbonyl (C=O) groups is 2. The summed E-state index contributed by atoms with van der Waals surface area (Å²) in [5, 5.41) is 12.0. The van der Waals surface area contributed by atoms with Crippen molar-refractivity contribution in [3.8, 4) is 0 Å². The maximum atomic E-state index is 11.9. The van der Waals surface area contributed by atoms with Crippen LogP contribution in [0.25, 0.3) is 0 Å². The number of carbonyl (C=O) groups excluding carboxylic acids is 1. The van der Waals surface area contributed by atoms with Crippen molar-refractivity contribution >= 4 is 11.9 Å². The topological polar surface area (TPSA) is 75.6 Å². The highest BCUT2D eigenvalue weighted by Crippen LogP contribution is 2.26. The van der Waals surface area contributed by atoms with Crippen LogP contribution in [-0.4, -0.2) is 35.7 Å². The molecule has 0 aromatic heterocycles. The fraction of sp³-hybridized carbons (Fsp3) is 0.875. The first-order valence-corrected chi connectivity index (χ1v) is 8.29. The maximum Gasteiger partial charge on any atom is 0.306 e. The van der Waals surface area contributed by atoms with Gasteiger partial charge in [-0.1, -0.05) is 25.7 Å². The van der Waals surface area contributed by atoms with E-state index in [9.17, 15) is 9.59 Å². The van der Waals surface area contributed by atoms with Crippen molar-refractivity contribution in [2.24, 2.45) is 5.92 Å². The molecule has 0 radical (unpaired) electrons. The Morgan fingerprint density at radius 1 is 0.952 bits per heavy atom. The molecular weight excluding hydrogens is 270 g/mol. The van der Waals surface area contributed by atoms with E-state index in [4.69, 9.17) is 9.84 Å². The van der Waals surface area contributed by atoms with E-state index in [0.29, 0.717) is 18.9 Å². The third-order valence-corrected chi connectivity index (χ3v) is 4.69. The SMILES string of the molecule is O=C(COC1CCC(C(=O)O)CC1)NC1CCCCCC1. The van der Waals surface area contributed by atoms with Crippen LogP contribution >= 0.6 is 0 Å². The zero-order valence-electron chi connectivity index (χ0n) is 12.7. The van der Waals surface area contributed by atoms with Crippen LogP contribution in [0.1, 0.15) is 64.2 Å². The van der Waals surface area contributed by atoms with Crippen molar-refractivity contribution in [1.29, 1.82) is 0 Å². The molecule has 0 saturated heterocycles. The zero-order chi connectivity index (χ0) is 15.1. The van der Waals surface area contributed by atoms with Gasteiger partial charge >= 0.3 is 5.97 Å². The molecule has 2 aliphatic rings. The van der Waals surface area contributed by atoms with Crippen molar-refractivity contribution in [2.45, 2.75) is 76.4 Å². The van der Waals surface area contributed by atoms with Gasteiger partial charge in [-0.25, -0.2) is 0 Å². The first kappa shape index (κ1) is 16.3. The van der Waals surface area contributed by atoms with Gasteiger partial charge in [0.15, 0.2) is 0 Å². The fourth-order valence-electron chi connectivity index (χ4n) is 3.36. The average Bonchev–Trinajstić information content (AvgIpc) is 2.74. The Bertz CT molecular complexity index is 342. The number of nitrogens with one attached hydrogen (secondary N) is 1. The van der Waals surface area contributed by atoms with Crippen LogP contribution in [0.15, 0.2) is 0 Å². The van der Waals surface area contributed by atoms with Crippen LogP contribution in [0.2, 0.25) is 0 Å². The summed E-state index contributed by atoms with van der Waals surface area (Å²) in [4.78, 5) is 22.8. The molecule has 2 fully saturated rings. The molecule has 5 nitrogen and oxygen atoms in total. The summed E-state index contributed by atoms with van der Waals surface area (Å²) in [6.45, 7) is 0.110. The Hall–Kier alpha value is -1.10. The molecular formula is C16H27NO4. The maximum absolute atomic E-state index is 11.9. The van der Waals surface area contributed by atoms with Crippen molar-refractivity contribution in [2.75, 3.05) is 6.61 Å². The van der Waals surface area contributed by atoms with Crippen molar-refractivity contribution in [3.63, 3.8) is 0 Å². The van der Waals surface area contributed by atoms with Gasteiger partial charge in [0.25, 0.3) is 0 Å². The summed E-state index contributed by atoms with van der Waals surface area (Å²) in [6.07, 6.45) is 9.95. The Morgan fingerprint density at radius 3 is 2.14 bits per heavy atom. The predicted octanol–water partition coefficient (Wildman–Crippen LogP) is 2.49. The predicted molar refractivity (Wildman–Crippen MR) is 79.0 cm³/mol. The largest absolute Gasteiger partial charge is 0.481 e. The molecule has 0 aromatic rings. The molecule has 5 heteroatoms. The molecule has 0 aliphatic heterocycles. The summed E-state index contributed by atoms with van der Waals surface area (Å²) in [5.74, 6) is -0.966. The molecule has 120 valence electrons. The highest BCUT2D eigenvalue weighted by molar-refractivity contribution is 5.77. The van der Waals surface area contributed by atoms with Gasteiger partial charge in [0.2, 0.25) is 5.91 Å². The molecule has 2 aliphatic carbocycles. The normalized spacial score (nSPS) is 27.8. The summed E-state index contributed by atoms with van der Waals surface area (Å²) in [5.41, 5.74) is 0. The summed E-state index contributed by atoms with van der Waals surface area (Å²) in [7, 11) is 0. The lowest BCUT2D eigenvalue weighted by atomic mass is 9.87. The Kier molecular flexibility index (Phi) is 6.49. The zero-order valence-corrected chi connectivity index (χ0v) is 12.7. The Balaban J connectivity index is 1.61. The number of rotatable bonds is 5. The smallest absolute Gasteiger partial charge is 0.306 e. The summed E-state index contributed by atoms with van der Waals surface area (Å²) < 4.78 is 5.64. The van der Waals surface area contributed by atoms with Crippen LogP contribution < -0.4 is 5.32 Å². The van der Waals surface area contributed by atoms with Crippen molar-refractivity contribution < 1.29 is 19.4 Å². The van der Waals surface area contributed by atoms with E-state index < -0.39 is 5.97 Å². The third kappa shape index (κ3) is 5.65. The second-order valence-electron chi connectivity index (χ2n) is 6.38. The van der Waals surface area contributed by atoms with E-state index in [0.717, 1.165) is 25.7 Å². The molecule has 0 heterocycles. The van der Waals surface area contributed by atoms with Gasteiger partial charge < -0.3 is 15.2 Å². The number of carboxylic acid groups (broad SMARTS) is 1. The van der Waals surface area contributed by atoms with Crippen LogP contribution in [-0.2, 0) is 14.3 Å². The van der Waals surface area contributed by atoms with Crippen molar-refractivity contribution in [1.82, 2.24) is 5.32 Å². The summed E-state index contributed by atoms with van der Waals surface area (Å²) in [6, 6.07) is 0.311. The molecule has 1 amide bonds. The molecule has 2 rings (SSSR count). The minimum atomic E-state index is -0.709. The van der Waals surface area contributed by atoms with E-state index in [1.807, 2.05) is 0 Å². The second kappa shape index (κ2) is 8.37. The standard InChI is InChI=1S/C16H27NO4/c18-15(17-13-5-3-1-2-4-6-13)11-21-14-9-7-12(8-10-14)16(19)20/h12-14H,1-11H2,(H,17,18)(H,19,20). The molecule has 0 bridgehead atoms. The lowest BCUT2D eigenvalue weighted by Crippen LogP contribution is -2.38. The highest BCUT2D eigenvalue weighted by atomic mass is 16.5. The van der Waals surface area contributed by atoms with Crippen LogP contribution in [0.3, 0.4) is 0 Å². The van der Waals surface area contributed by atoms with Crippen LogP contribution in [0.5, 0.6) is 0 Å². The quantitative estimate of drug-likeness (QED) is 0.764. The minimum Gasteiger partial charge on any atom is -0.481 e. The first-order valence-electron chi connectivity index (χ1n) is 8.29. The molecule has 0 spiro atoms. The first-order chi connectivity index (χ1) is 10.1. The fourth-order valence-corrected chi connectivity index (χ4v) is 3.36. The van der Waals surface area contributed by atoms with Crippen LogP contribution in [0.4, 0.5) is 0 Å². The van der Waals surface area contributed by atoms with Gasteiger partial charge in [-0.15, -0.1) is 0 Å². The monoisotopic (exact) mass is 297 g/mol. The third-order valence-electron chi connectivity index (χ3n) is 4.69. The minimum absolute atomic E-state index is 0.0257. The molecule has 0 aromatic carbocycles. The number of hydrogen-bond acceptors (Lipinski definition) is 3. The summed E-state index contributed by atoms with van der Waals surface area (Å²) >= 11 is 0. The second-order valence-corrected chi connectivity index (χ2v) is 6.38. The molecule has 2 N–H and O–H groups in total. The lowest BCUT2D eigenvalue weighted by Gasteiger charge is -2.26. The molecule has 0 atom stereocenters. The van der Waals surface area contributed by atoms with E-state index in [-0.39, 0.29) is 24.5 Å². The number of carboxylic acids is 1. The van der Waals surface area contributed by atoms with Gasteiger partial charge in [-0.2, -0.15) is 0 Å². The molecule has 21 heavy (non-hydrogen) atoms. The Morgan fingerprint density at radius 2 is 1.57 bits per heavy atom. The average molecular weight is 297 g/mol. The van der Waals surface area contributed by atoms with Gasteiger partial charge in [0.1, 0.15) is 6.61 Å². The van der Waals surface area contributed by atoms with Gasteiger partial charge in [-0.3, -0.25) is 9.59 Å². The van der Waals surface area contributed by atoms with Crippen molar-refractivity contribution in [3.05, 3.63) is 0 Å². The lowest BCUT2D eigenvalue weighted by molar-refractivity contribution is -0.144. The van der Waals surface area contributed by atoms with E-state index in [2.05, 4.69) is 5.32 Å². The van der Waals surface area contributed by atoms with Crippen LogP contribution in [0, 0.1) is 5.92 Å². The molecule has 0 unspecified atom stereocenters. The number of amides is 1. The van der Waals surface area contributed by atoms with Gasteiger partial charge in [-0.05, 0) is 38.5 Å².